The summed E-state index contributed by atoms with van der Waals surface area (Å²) in [6.07, 6.45) is 2.93. The van der Waals surface area contributed by atoms with Gasteiger partial charge in [-0.1, -0.05) is 0 Å². The number of fused-ring (bicyclic) bond motifs is 1. The molecule has 1 saturated heterocycles. The molecule has 0 radical (unpaired) electrons. The zero-order valence-corrected chi connectivity index (χ0v) is 11.0. The van der Waals surface area contributed by atoms with Gasteiger partial charge in [0.2, 0.25) is 0 Å². The van der Waals surface area contributed by atoms with Gasteiger partial charge in [0.25, 0.3) is 0 Å². The van der Waals surface area contributed by atoms with E-state index in [0.717, 1.165) is 30.8 Å². The number of hydrogen-bond donors (Lipinski definition) is 1. The van der Waals surface area contributed by atoms with Crippen molar-refractivity contribution in [3.8, 4) is 11.5 Å². The minimum Gasteiger partial charge on any atom is -0.486 e. The lowest BCUT2D eigenvalue weighted by Crippen LogP contribution is -2.31. The fourth-order valence-corrected chi connectivity index (χ4v) is 2.70. The summed E-state index contributed by atoms with van der Waals surface area (Å²) in [4.78, 5) is 12.3. The number of benzene rings is 1. The topological polar surface area (TPSA) is 47.6 Å². The number of hydrogen-bond acceptors (Lipinski definition) is 4. The quantitative estimate of drug-likeness (QED) is 0.846. The Morgan fingerprint density at radius 3 is 2.89 bits per heavy atom. The second-order valence-corrected chi connectivity index (χ2v) is 5.20. The summed E-state index contributed by atoms with van der Waals surface area (Å²) < 4.78 is 11.0. The Bertz CT molecular complexity index is 466. The van der Waals surface area contributed by atoms with E-state index in [2.05, 4.69) is 5.32 Å². The van der Waals surface area contributed by atoms with Gasteiger partial charge in [-0.3, -0.25) is 4.79 Å². The number of ether oxygens (including phenoxy) is 2. The predicted octanol–water partition coefficient (Wildman–Crippen LogP) is 2.03. The first-order valence-corrected chi connectivity index (χ1v) is 6.96. The first-order valence-electron chi connectivity index (χ1n) is 6.96. The molecule has 1 aromatic carbocycles. The summed E-state index contributed by atoms with van der Waals surface area (Å²) in [5, 5.41) is 3.34. The van der Waals surface area contributed by atoms with Crippen LogP contribution in [0.2, 0.25) is 0 Å². The summed E-state index contributed by atoms with van der Waals surface area (Å²) in [6, 6.07) is 5.49. The molecular formula is C15H19NO3. The third kappa shape index (κ3) is 2.89. The number of carbonyl (C=O) groups is 1. The molecular weight excluding hydrogens is 242 g/mol. The number of rotatable bonds is 3. The highest BCUT2D eigenvalue weighted by molar-refractivity contribution is 5.96. The lowest BCUT2D eigenvalue weighted by Gasteiger charge is -2.22. The molecule has 0 saturated carbocycles. The molecule has 2 heterocycles. The van der Waals surface area contributed by atoms with Crippen molar-refractivity contribution in [2.45, 2.75) is 19.3 Å². The highest BCUT2D eigenvalue weighted by Gasteiger charge is 2.19. The van der Waals surface area contributed by atoms with Crippen molar-refractivity contribution < 1.29 is 14.3 Å². The number of ketones is 1. The van der Waals surface area contributed by atoms with E-state index in [0.29, 0.717) is 31.3 Å². The van der Waals surface area contributed by atoms with Crippen LogP contribution in [0.15, 0.2) is 18.2 Å². The monoisotopic (exact) mass is 261 g/mol. The standard InChI is InChI=1S/C15H19NO3/c17-13(8-11-2-1-5-16-10-11)12-3-4-14-15(9-12)19-7-6-18-14/h3-4,9,11,16H,1-2,5-8,10H2. The highest BCUT2D eigenvalue weighted by Crippen LogP contribution is 2.31. The molecule has 0 amide bonds. The molecule has 19 heavy (non-hydrogen) atoms. The van der Waals surface area contributed by atoms with Gasteiger partial charge in [-0.2, -0.15) is 0 Å². The van der Waals surface area contributed by atoms with Crippen LogP contribution in [-0.4, -0.2) is 32.1 Å². The Morgan fingerprint density at radius 1 is 1.26 bits per heavy atom. The van der Waals surface area contributed by atoms with Crippen molar-refractivity contribution in [3.05, 3.63) is 23.8 Å². The summed E-state index contributed by atoms with van der Waals surface area (Å²) in [7, 11) is 0. The van der Waals surface area contributed by atoms with Crippen LogP contribution in [0, 0.1) is 5.92 Å². The normalized spacial score (nSPS) is 22.0. The number of carbonyl (C=O) groups excluding carboxylic acids is 1. The third-order valence-electron chi connectivity index (χ3n) is 3.74. The zero-order valence-electron chi connectivity index (χ0n) is 11.0. The summed E-state index contributed by atoms with van der Waals surface area (Å²) in [5.41, 5.74) is 0.731. The molecule has 3 rings (SSSR count). The molecule has 1 fully saturated rings. The van der Waals surface area contributed by atoms with E-state index < -0.39 is 0 Å². The van der Waals surface area contributed by atoms with Crippen LogP contribution < -0.4 is 14.8 Å². The van der Waals surface area contributed by atoms with Gasteiger partial charge in [-0.25, -0.2) is 0 Å². The Labute approximate surface area is 113 Å². The predicted molar refractivity (Wildman–Crippen MR) is 72.0 cm³/mol. The van der Waals surface area contributed by atoms with Gasteiger partial charge < -0.3 is 14.8 Å². The maximum atomic E-state index is 12.3. The van der Waals surface area contributed by atoms with E-state index in [9.17, 15) is 4.79 Å². The van der Waals surface area contributed by atoms with Gasteiger partial charge in [0.1, 0.15) is 13.2 Å². The fraction of sp³-hybridized carbons (Fsp3) is 0.533. The van der Waals surface area contributed by atoms with Crippen LogP contribution in [0.5, 0.6) is 11.5 Å². The van der Waals surface area contributed by atoms with Crippen molar-refractivity contribution in [2.24, 2.45) is 5.92 Å². The summed E-state index contributed by atoms with van der Waals surface area (Å²) >= 11 is 0. The molecule has 0 aromatic heterocycles. The smallest absolute Gasteiger partial charge is 0.163 e. The van der Waals surface area contributed by atoms with Crippen molar-refractivity contribution in [2.75, 3.05) is 26.3 Å². The van der Waals surface area contributed by atoms with Crippen molar-refractivity contribution in [1.82, 2.24) is 5.32 Å². The molecule has 1 aromatic rings. The zero-order chi connectivity index (χ0) is 13.1. The van der Waals surface area contributed by atoms with E-state index in [-0.39, 0.29) is 5.78 Å². The average Bonchev–Trinajstić information content (AvgIpc) is 2.48. The lowest BCUT2D eigenvalue weighted by molar-refractivity contribution is 0.0952. The third-order valence-corrected chi connectivity index (χ3v) is 3.74. The van der Waals surface area contributed by atoms with Crippen LogP contribution in [0.25, 0.3) is 0 Å². The van der Waals surface area contributed by atoms with Gasteiger partial charge in [-0.05, 0) is 50.0 Å². The van der Waals surface area contributed by atoms with Crippen molar-refractivity contribution in [1.29, 1.82) is 0 Å². The van der Waals surface area contributed by atoms with Gasteiger partial charge in [0.05, 0.1) is 0 Å². The molecule has 0 bridgehead atoms. The molecule has 0 aliphatic carbocycles. The first kappa shape index (κ1) is 12.5. The van der Waals surface area contributed by atoms with Crippen LogP contribution in [-0.2, 0) is 0 Å². The van der Waals surface area contributed by atoms with E-state index in [1.807, 2.05) is 18.2 Å². The van der Waals surface area contributed by atoms with E-state index in [1.165, 1.54) is 6.42 Å². The van der Waals surface area contributed by atoms with Crippen LogP contribution >= 0.6 is 0 Å². The maximum Gasteiger partial charge on any atom is 0.163 e. The number of Topliss-reactive ketones (excluding diaryl/α,β-unsaturated/α-hetero) is 1. The highest BCUT2D eigenvalue weighted by atomic mass is 16.6. The molecule has 1 atom stereocenters. The first-order chi connectivity index (χ1) is 9.33. The van der Waals surface area contributed by atoms with Gasteiger partial charge in [0.15, 0.2) is 17.3 Å². The fourth-order valence-electron chi connectivity index (χ4n) is 2.70. The Kier molecular flexibility index (Phi) is 3.69. The number of nitrogens with one attached hydrogen (secondary N) is 1. The van der Waals surface area contributed by atoms with E-state index >= 15 is 0 Å². The molecule has 0 spiro atoms. The second-order valence-electron chi connectivity index (χ2n) is 5.20. The Hall–Kier alpha value is -1.55. The molecule has 1 N–H and O–H groups in total. The number of piperidine rings is 1. The van der Waals surface area contributed by atoms with Crippen LogP contribution in [0.4, 0.5) is 0 Å². The Balaban J connectivity index is 1.69. The van der Waals surface area contributed by atoms with Crippen LogP contribution in [0.3, 0.4) is 0 Å². The molecule has 102 valence electrons. The molecule has 1 unspecified atom stereocenters. The molecule has 4 nitrogen and oxygen atoms in total. The van der Waals surface area contributed by atoms with E-state index in [1.54, 1.807) is 0 Å². The lowest BCUT2D eigenvalue weighted by atomic mass is 9.92. The maximum absolute atomic E-state index is 12.3. The van der Waals surface area contributed by atoms with Crippen LogP contribution in [0.1, 0.15) is 29.6 Å². The van der Waals surface area contributed by atoms with Gasteiger partial charge in [0, 0.05) is 12.0 Å². The van der Waals surface area contributed by atoms with Crippen molar-refractivity contribution in [3.63, 3.8) is 0 Å². The summed E-state index contributed by atoms with van der Waals surface area (Å²) in [6.45, 7) is 3.16. The molecule has 4 heteroatoms. The van der Waals surface area contributed by atoms with E-state index in [4.69, 9.17) is 9.47 Å². The van der Waals surface area contributed by atoms with Crippen molar-refractivity contribution >= 4 is 5.78 Å². The molecule has 2 aliphatic rings. The average molecular weight is 261 g/mol. The van der Waals surface area contributed by atoms with Gasteiger partial charge >= 0.3 is 0 Å². The van der Waals surface area contributed by atoms with Gasteiger partial charge in [-0.15, -0.1) is 0 Å². The SMILES string of the molecule is O=C(CC1CCCNC1)c1ccc2c(c1)OCCO2. The Morgan fingerprint density at radius 2 is 2.11 bits per heavy atom. The second kappa shape index (κ2) is 5.61. The minimum atomic E-state index is 0.200. The minimum absolute atomic E-state index is 0.200. The largest absolute Gasteiger partial charge is 0.486 e. The molecule has 2 aliphatic heterocycles. The summed E-state index contributed by atoms with van der Waals surface area (Å²) in [5.74, 6) is 2.10.